The molecule has 2 aromatic carbocycles. The molecule has 6 nitrogen and oxygen atoms in total. The number of aromatic amines is 1. The fourth-order valence-electron chi connectivity index (χ4n) is 2.88. The number of aromatic nitrogens is 1. The van der Waals surface area contributed by atoms with Gasteiger partial charge in [-0.3, -0.25) is 4.79 Å². The smallest absolute Gasteiger partial charge is 0.213 e. The number of nitrogens with one attached hydrogen (secondary N) is 1. The van der Waals surface area contributed by atoms with Gasteiger partial charge in [0, 0.05) is 53.0 Å². The lowest BCUT2D eigenvalue weighted by atomic mass is 10.1. The Kier molecular flexibility index (Phi) is 7.53. The molecule has 0 saturated heterocycles. The SMILES string of the molecule is CN(C=O)c1ccc2c(c1)[nH]c1cc(OCCOCCOCCSF)ccc12. The second kappa shape index (κ2) is 10.3. The van der Waals surface area contributed by atoms with Crippen LogP contribution in [0.2, 0.25) is 0 Å². The molecule has 0 bridgehead atoms. The average Bonchev–Trinajstić information content (AvgIpc) is 3.08. The van der Waals surface area contributed by atoms with Gasteiger partial charge in [0.05, 0.1) is 31.9 Å². The predicted molar refractivity (Wildman–Crippen MR) is 111 cm³/mol. The van der Waals surface area contributed by atoms with Gasteiger partial charge in [0.25, 0.3) is 0 Å². The first kappa shape index (κ1) is 20.4. The van der Waals surface area contributed by atoms with Gasteiger partial charge >= 0.3 is 0 Å². The van der Waals surface area contributed by atoms with Gasteiger partial charge in [0.15, 0.2) is 0 Å². The van der Waals surface area contributed by atoms with E-state index in [2.05, 4.69) is 4.98 Å². The second-order valence-electron chi connectivity index (χ2n) is 6.17. The first-order valence-electron chi connectivity index (χ1n) is 8.98. The van der Waals surface area contributed by atoms with Crippen molar-refractivity contribution in [2.75, 3.05) is 50.7 Å². The van der Waals surface area contributed by atoms with E-state index in [0.717, 1.165) is 39.7 Å². The number of hydrogen-bond donors (Lipinski definition) is 1. The molecule has 0 saturated carbocycles. The van der Waals surface area contributed by atoms with Crippen molar-refractivity contribution in [3.63, 3.8) is 0 Å². The number of anilines is 1. The maximum atomic E-state index is 11.8. The molecule has 0 aliphatic carbocycles. The minimum Gasteiger partial charge on any atom is -0.491 e. The number of rotatable bonds is 12. The molecule has 0 fully saturated rings. The fourth-order valence-corrected chi connectivity index (χ4v) is 3.06. The Balaban J connectivity index is 1.54. The van der Waals surface area contributed by atoms with E-state index in [1.54, 1.807) is 7.05 Å². The first-order chi connectivity index (χ1) is 13.7. The van der Waals surface area contributed by atoms with E-state index in [0.29, 0.717) is 38.8 Å². The highest BCUT2D eigenvalue weighted by molar-refractivity contribution is 7.94. The molecule has 1 aromatic heterocycles. The van der Waals surface area contributed by atoms with E-state index in [1.807, 2.05) is 36.4 Å². The summed E-state index contributed by atoms with van der Waals surface area (Å²) in [6, 6.07) is 11.8. The number of halogens is 1. The molecule has 1 heterocycles. The summed E-state index contributed by atoms with van der Waals surface area (Å²) in [7, 11) is 1.72. The molecule has 1 amide bonds. The van der Waals surface area contributed by atoms with Gasteiger partial charge in [-0.25, -0.2) is 0 Å². The molecule has 0 atom stereocenters. The Bertz CT molecular complexity index is 918. The van der Waals surface area contributed by atoms with Crippen LogP contribution < -0.4 is 9.64 Å². The third-order valence-corrected chi connectivity index (χ3v) is 4.61. The molecule has 8 heteroatoms. The van der Waals surface area contributed by atoms with Crippen LogP contribution in [0, 0.1) is 0 Å². The summed E-state index contributed by atoms with van der Waals surface area (Å²) in [5.41, 5.74) is 2.77. The molecule has 0 spiro atoms. The van der Waals surface area contributed by atoms with Gasteiger partial charge in [0.1, 0.15) is 12.4 Å². The van der Waals surface area contributed by atoms with Crippen molar-refractivity contribution in [3.8, 4) is 5.75 Å². The molecule has 0 aliphatic rings. The quantitative estimate of drug-likeness (QED) is 0.365. The molecule has 28 heavy (non-hydrogen) atoms. The molecule has 3 aromatic rings. The van der Waals surface area contributed by atoms with Crippen LogP contribution >= 0.6 is 12.1 Å². The van der Waals surface area contributed by atoms with Crippen LogP contribution in [0.15, 0.2) is 36.4 Å². The second-order valence-corrected chi connectivity index (χ2v) is 6.79. The number of nitrogens with zero attached hydrogens (tertiary/aromatic N) is 1. The summed E-state index contributed by atoms with van der Waals surface area (Å²) in [6.07, 6.45) is 0.785. The third kappa shape index (κ3) is 5.15. The van der Waals surface area contributed by atoms with E-state index in [-0.39, 0.29) is 12.1 Å². The summed E-state index contributed by atoms with van der Waals surface area (Å²) in [4.78, 5) is 15.9. The number of hydrogen-bond acceptors (Lipinski definition) is 5. The first-order valence-corrected chi connectivity index (χ1v) is 9.87. The Morgan fingerprint density at radius 2 is 1.68 bits per heavy atom. The Morgan fingerprint density at radius 3 is 2.43 bits per heavy atom. The highest BCUT2D eigenvalue weighted by Crippen LogP contribution is 2.30. The van der Waals surface area contributed by atoms with Crippen LogP contribution in [-0.2, 0) is 14.3 Å². The van der Waals surface area contributed by atoms with Crippen LogP contribution in [0.5, 0.6) is 5.75 Å². The molecular formula is C20H23FN2O4S. The van der Waals surface area contributed by atoms with E-state index < -0.39 is 0 Å². The Morgan fingerprint density at radius 1 is 1.00 bits per heavy atom. The summed E-state index contributed by atoms with van der Waals surface area (Å²) in [5, 5.41) is 2.20. The zero-order valence-electron chi connectivity index (χ0n) is 15.7. The van der Waals surface area contributed by atoms with Crippen LogP contribution in [0.3, 0.4) is 0 Å². The number of carbonyl (C=O) groups is 1. The van der Waals surface area contributed by atoms with Gasteiger partial charge in [-0.1, -0.05) is 6.07 Å². The summed E-state index contributed by atoms with van der Waals surface area (Å²) in [6.45, 7) is 2.17. The van der Waals surface area contributed by atoms with Crippen LogP contribution in [-0.4, -0.2) is 57.2 Å². The van der Waals surface area contributed by atoms with Gasteiger partial charge in [-0.2, -0.15) is 3.89 Å². The van der Waals surface area contributed by atoms with Crippen molar-refractivity contribution >= 4 is 46.1 Å². The molecule has 0 radical (unpaired) electrons. The Hall–Kier alpha value is -2.29. The van der Waals surface area contributed by atoms with Gasteiger partial charge < -0.3 is 24.1 Å². The van der Waals surface area contributed by atoms with Crippen molar-refractivity contribution in [1.82, 2.24) is 4.98 Å². The van der Waals surface area contributed by atoms with Crippen LogP contribution in [0.4, 0.5) is 9.57 Å². The lowest BCUT2D eigenvalue weighted by molar-refractivity contribution is -0.107. The van der Waals surface area contributed by atoms with Crippen molar-refractivity contribution in [2.45, 2.75) is 0 Å². The maximum absolute atomic E-state index is 11.8. The largest absolute Gasteiger partial charge is 0.491 e. The number of ether oxygens (including phenoxy) is 3. The fraction of sp³-hybridized carbons (Fsp3) is 0.350. The summed E-state index contributed by atoms with van der Waals surface area (Å²) < 4.78 is 28.2. The monoisotopic (exact) mass is 406 g/mol. The van der Waals surface area contributed by atoms with E-state index in [4.69, 9.17) is 14.2 Å². The lowest BCUT2D eigenvalue weighted by Gasteiger charge is -2.09. The standard InChI is InChI=1S/C20H23FN2O4S/c1-23(14-24)15-2-4-17-18-5-3-16(13-20(18)22-19(17)12-15)27-9-8-25-6-7-26-10-11-28-21/h2-5,12-14,22H,6-11H2,1H3. The summed E-state index contributed by atoms with van der Waals surface area (Å²) >= 11 is 0.271. The number of H-pyrrole nitrogens is 1. The maximum Gasteiger partial charge on any atom is 0.213 e. The number of fused-ring (bicyclic) bond motifs is 3. The molecule has 150 valence electrons. The topological polar surface area (TPSA) is 63.8 Å². The van der Waals surface area contributed by atoms with Crippen LogP contribution in [0.1, 0.15) is 0 Å². The normalized spacial score (nSPS) is 11.2. The number of carbonyl (C=O) groups excluding carboxylic acids is 1. The molecular weight excluding hydrogens is 383 g/mol. The van der Waals surface area contributed by atoms with Gasteiger partial charge in [-0.05, 0) is 24.3 Å². The zero-order chi connectivity index (χ0) is 19.8. The van der Waals surface area contributed by atoms with Crippen molar-refractivity contribution in [1.29, 1.82) is 0 Å². The molecule has 1 N–H and O–H groups in total. The average molecular weight is 406 g/mol. The highest BCUT2D eigenvalue weighted by Gasteiger charge is 2.08. The van der Waals surface area contributed by atoms with Crippen molar-refractivity contribution in [3.05, 3.63) is 36.4 Å². The number of benzene rings is 2. The molecule has 0 aliphatic heterocycles. The third-order valence-electron chi connectivity index (χ3n) is 4.29. The van der Waals surface area contributed by atoms with E-state index in [1.165, 1.54) is 4.90 Å². The van der Waals surface area contributed by atoms with E-state index in [9.17, 15) is 8.68 Å². The minimum absolute atomic E-state index is 0.271. The Labute approximate surface area is 167 Å². The molecule has 3 rings (SSSR count). The van der Waals surface area contributed by atoms with Gasteiger partial charge in [0.2, 0.25) is 6.41 Å². The van der Waals surface area contributed by atoms with Crippen molar-refractivity contribution in [2.24, 2.45) is 0 Å². The summed E-state index contributed by atoms with van der Waals surface area (Å²) in [5.74, 6) is 1.10. The lowest BCUT2D eigenvalue weighted by Crippen LogP contribution is -2.13. The predicted octanol–water partition coefficient (Wildman–Crippen LogP) is 3.94. The zero-order valence-corrected chi connectivity index (χ0v) is 16.5. The van der Waals surface area contributed by atoms with Crippen LogP contribution in [0.25, 0.3) is 21.8 Å². The van der Waals surface area contributed by atoms with E-state index >= 15 is 0 Å². The highest BCUT2D eigenvalue weighted by atomic mass is 32.2. The van der Waals surface area contributed by atoms with Crippen molar-refractivity contribution < 1.29 is 22.9 Å². The molecule has 0 unspecified atom stereocenters. The minimum atomic E-state index is 0.271. The number of amides is 1. The van der Waals surface area contributed by atoms with Gasteiger partial charge in [-0.15, -0.1) is 0 Å².